The topological polar surface area (TPSA) is 153 Å². The van der Waals surface area contributed by atoms with E-state index in [1.807, 2.05) is 6.07 Å². The third-order valence-electron chi connectivity index (χ3n) is 5.34. The lowest BCUT2D eigenvalue weighted by molar-refractivity contribution is -0.384. The van der Waals surface area contributed by atoms with E-state index >= 15 is 0 Å². The molecule has 202 valence electrons. The van der Waals surface area contributed by atoms with Crippen molar-refractivity contribution in [3.05, 3.63) is 88.5 Å². The number of nitrogens with one attached hydrogen (secondary N) is 1. The highest BCUT2D eigenvalue weighted by molar-refractivity contribution is 6.08. The highest BCUT2D eigenvalue weighted by atomic mass is 16.6. The molecule has 3 aromatic carbocycles. The maximum atomic E-state index is 13.4. The molecule has 1 N–H and O–H groups in total. The first-order valence-electron chi connectivity index (χ1n) is 11.8. The number of amides is 1. The summed E-state index contributed by atoms with van der Waals surface area (Å²) in [6, 6.07) is 18.9. The van der Waals surface area contributed by atoms with Gasteiger partial charge >= 0.3 is 11.9 Å². The molecule has 0 aliphatic heterocycles. The first-order chi connectivity index (χ1) is 18.5. The highest BCUT2D eigenvalue weighted by Gasteiger charge is 2.26. The van der Waals surface area contributed by atoms with E-state index in [0.717, 1.165) is 0 Å². The first-order valence-corrected chi connectivity index (χ1v) is 11.8. The number of carbonyl (C=O) groups is 3. The zero-order chi connectivity index (χ0) is 28.5. The molecule has 2 atom stereocenters. The zero-order valence-corrected chi connectivity index (χ0v) is 21.7. The highest BCUT2D eigenvalue weighted by Crippen LogP contribution is 2.31. The number of carbonyl (C=O) groups excluding carboxylic acids is 3. The van der Waals surface area contributed by atoms with Crippen molar-refractivity contribution >= 4 is 46.3 Å². The van der Waals surface area contributed by atoms with Crippen LogP contribution in [0.4, 0.5) is 28.4 Å². The molecular weight excluding hydrogens is 506 g/mol. The number of non-ortho nitro benzene ring substituents is 1. The second-order valence-electron chi connectivity index (χ2n) is 8.32. The van der Waals surface area contributed by atoms with Crippen LogP contribution in [0, 0.1) is 10.1 Å². The lowest BCUT2D eigenvalue weighted by Gasteiger charge is -2.35. The lowest BCUT2D eigenvalue weighted by atomic mass is 10.1. The van der Waals surface area contributed by atoms with E-state index in [2.05, 4.69) is 15.5 Å². The lowest BCUT2D eigenvalue weighted by Crippen LogP contribution is -2.44. The second-order valence-corrected chi connectivity index (χ2v) is 8.32. The normalized spacial score (nSPS) is 12.3. The Bertz CT molecular complexity index is 1360. The van der Waals surface area contributed by atoms with Crippen LogP contribution in [-0.4, -0.2) is 35.2 Å². The number of azo groups is 1. The Labute approximate surface area is 224 Å². The molecule has 0 aromatic heterocycles. The van der Waals surface area contributed by atoms with Crippen LogP contribution in [0.2, 0.25) is 0 Å². The summed E-state index contributed by atoms with van der Waals surface area (Å²) in [5, 5.41) is 22.0. The van der Waals surface area contributed by atoms with Crippen LogP contribution in [0.1, 0.15) is 38.1 Å². The summed E-state index contributed by atoms with van der Waals surface area (Å²) in [6.07, 6.45) is -1.70. The Hall–Kier alpha value is -5.13. The molecule has 0 aliphatic rings. The van der Waals surface area contributed by atoms with Crippen molar-refractivity contribution < 1.29 is 28.8 Å². The number of benzene rings is 3. The van der Waals surface area contributed by atoms with Gasteiger partial charge in [-0.25, -0.2) is 0 Å². The van der Waals surface area contributed by atoms with Crippen LogP contribution < -0.4 is 10.2 Å². The van der Waals surface area contributed by atoms with E-state index in [4.69, 9.17) is 9.47 Å². The number of esters is 2. The van der Waals surface area contributed by atoms with Gasteiger partial charge in [-0.1, -0.05) is 18.2 Å². The van der Waals surface area contributed by atoms with Crippen molar-refractivity contribution in [3.63, 3.8) is 0 Å². The monoisotopic (exact) mass is 533 g/mol. The van der Waals surface area contributed by atoms with E-state index < -0.39 is 35.2 Å². The number of hydrogen-bond acceptors (Lipinski definition) is 10. The van der Waals surface area contributed by atoms with Gasteiger partial charge < -0.3 is 19.7 Å². The summed E-state index contributed by atoms with van der Waals surface area (Å²) in [4.78, 5) is 48.6. The van der Waals surface area contributed by atoms with Gasteiger partial charge in [0.1, 0.15) is 0 Å². The van der Waals surface area contributed by atoms with Crippen molar-refractivity contribution in [2.45, 2.75) is 40.2 Å². The number of para-hydroxylation sites is 1. The van der Waals surface area contributed by atoms with Gasteiger partial charge in [0.05, 0.1) is 21.9 Å². The van der Waals surface area contributed by atoms with Gasteiger partial charge in [-0.05, 0) is 56.3 Å². The summed E-state index contributed by atoms with van der Waals surface area (Å²) in [6.45, 7) is 5.72. The molecule has 12 nitrogen and oxygen atoms in total. The van der Waals surface area contributed by atoms with E-state index in [-0.39, 0.29) is 16.9 Å². The summed E-state index contributed by atoms with van der Waals surface area (Å²) in [5.41, 5.74) is 1.52. The third kappa shape index (κ3) is 7.92. The van der Waals surface area contributed by atoms with E-state index in [1.165, 1.54) is 55.1 Å². The molecule has 0 aliphatic carbocycles. The zero-order valence-electron chi connectivity index (χ0n) is 21.7. The van der Waals surface area contributed by atoms with Crippen LogP contribution in [0.25, 0.3) is 0 Å². The van der Waals surface area contributed by atoms with Gasteiger partial charge in [-0.2, -0.15) is 5.11 Å². The molecule has 39 heavy (non-hydrogen) atoms. The minimum absolute atomic E-state index is 0.0925. The quantitative estimate of drug-likeness (QED) is 0.111. The maximum Gasteiger partial charge on any atom is 0.304 e. The number of ether oxygens (including phenoxy) is 2. The Morgan fingerprint density at radius 2 is 1.46 bits per heavy atom. The Morgan fingerprint density at radius 1 is 0.872 bits per heavy atom. The van der Waals surface area contributed by atoms with E-state index in [1.54, 1.807) is 44.2 Å². The Balaban J connectivity index is 2.05. The number of hydrogen-bond donors (Lipinski definition) is 1. The molecule has 3 rings (SSSR count). The molecule has 0 radical (unpaired) electrons. The van der Waals surface area contributed by atoms with Crippen molar-refractivity contribution in [1.29, 1.82) is 0 Å². The average Bonchev–Trinajstić information content (AvgIpc) is 2.88. The van der Waals surface area contributed by atoms with Crippen molar-refractivity contribution in [2.24, 2.45) is 10.2 Å². The number of anilines is 2. The number of nitro benzene ring substituents is 1. The average molecular weight is 534 g/mol. The molecule has 2 unspecified atom stereocenters. The van der Waals surface area contributed by atoms with Crippen LogP contribution in [-0.2, 0) is 19.1 Å². The Morgan fingerprint density at radius 3 is 2.00 bits per heavy atom. The smallest absolute Gasteiger partial charge is 0.304 e. The molecule has 12 heteroatoms. The maximum absolute atomic E-state index is 13.4. The first kappa shape index (κ1) is 28.4. The van der Waals surface area contributed by atoms with E-state index in [9.17, 15) is 24.5 Å². The molecule has 0 saturated heterocycles. The van der Waals surface area contributed by atoms with E-state index in [0.29, 0.717) is 17.1 Å². The molecular formula is C27H27N5O7. The molecule has 0 fully saturated rings. The van der Waals surface area contributed by atoms with Gasteiger partial charge in [-0.3, -0.25) is 24.5 Å². The molecule has 0 saturated carbocycles. The van der Waals surface area contributed by atoms with Crippen molar-refractivity contribution in [3.8, 4) is 0 Å². The fourth-order valence-electron chi connectivity index (χ4n) is 3.74. The fraction of sp³-hybridized carbons (Fsp3) is 0.222. The summed E-state index contributed by atoms with van der Waals surface area (Å²) < 4.78 is 10.7. The van der Waals surface area contributed by atoms with Crippen molar-refractivity contribution in [2.75, 3.05) is 10.2 Å². The van der Waals surface area contributed by atoms with Crippen LogP contribution in [0.3, 0.4) is 0 Å². The molecule has 3 aromatic rings. The molecule has 0 spiro atoms. The predicted octanol–water partition coefficient (Wildman–Crippen LogP) is 5.89. The standard InChI is InChI=1S/C27H27N5O7/c1-17(38-19(3)33)31(18(2)39-20(4)34)24-14-15-26(30-29-22-10-12-23(13-11-22)32(36)37)25(16-24)27(35)28-21-8-6-5-7-9-21/h5-18H,1-4H3,(H,28,35). The Kier molecular flexibility index (Phi) is 9.41. The minimum Gasteiger partial charge on any atom is -0.442 e. The summed E-state index contributed by atoms with van der Waals surface area (Å²) in [5.74, 6) is -1.59. The van der Waals surface area contributed by atoms with Gasteiger partial charge in [0.15, 0.2) is 12.5 Å². The largest absolute Gasteiger partial charge is 0.442 e. The van der Waals surface area contributed by atoms with Gasteiger partial charge in [0, 0.05) is 37.4 Å². The SMILES string of the molecule is CC(=O)OC(C)N(c1ccc(N=Nc2ccc([N+](=O)[O-])cc2)c(C(=O)Nc2ccccc2)c1)C(C)OC(C)=O. The fourth-order valence-corrected chi connectivity index (χ4v) is 3.74. The van der Waals surface area contributed by atoms with Gasteiger partial charge in [0.2, 0.25) is 0 Å². The molecule has 1 amide bonds. The van der Waals surface area contributed by atoms with Gasteiger partial charge in [0.25, 0.3) is 11.6 Å². The number of nitro groups is 1. The predicted molar refractivity (Wildman–Crippen MR) is 143 cm³/mol. The van der Waals surface area contributed by atoms with Crippen LogP contribution >= 0.6 is 0 Å². The summed E-state index contributed by atoms with van der Waals surface area (Å²) >= 11 is 0. The third-order valence-corrected chi connectivity index (χ3v) is 5.34. The molecule has 0 heterocycles. The second kappa shape index (κ2) is 12.9. The van der Waals surface area contributed by atoms with Crippen molar-refractivity contribution in [1.82, 2.24) is 0 Å². The number of nitrogens with zero attached hydrogens (tertiary/aromatic N) is 4. The minimum atomic E-state index is -0.852. The van der Waals surface area contributed by atoms with Crippen LogP contribution in [0.5, 0.6) is 0 Å². The van der Waals surface area contributed by atoms with Gasteiger partial charge in [-0.15, -0.1) is 5.11 Å². The summed E-state index contributed by atoms with van der Waals surface area (Å²) in [7, 11) is 0. The number of rotatable bonds is 10. The van der Waals surface area contributed by atoms with Crippen LogP contribution in [0.15, 0.2) is 83.0 Å². The molecule has 0 bridgehead atoms.